The van der Waals surface area contributed by atoms with Crippen LogP contribution in [0, 0.1) is 5.92 Å². The molecule has 0 radical (unpaired) electrons. The normalized spacial score (nSPS) is 20.2. The second-order valence-electron chi connectivity index (χ2n) is 5.57. The van der Waals surface area contributed by atoms with Gasteiger partial charge in [-0.05, 0) is 39.5 Å². The number of amides is 1. The standard InChI is InChI=1S/C15H25NO3/c1-10(11(2)15(18)19)14(17)16-12(3)13-8-6-4-5-7-9-13/h12-13H,4-9H2,1-3H3,(H,16,17)(H,18,19)/t12-/m0/s1. The van der Waals surface area contributed by atoms with Crippen LogP contribution in [-0.4, -0.2) is 23.0 Å². The van der Waals surface area contributed by atoms with Crippen LogP contribution in [0.15, 0.2) is 11.1 Å². The highest BCUT2D eigenvalue weighted by Gasteiger charge is 2.22. The molecule has 108 valence electrons. The third kappa shape index (κ3) is 4.69. The molecule has 0 saturated heterocycles. The lowest BCUT2D eigenvalue weighted by atomic mass is 9.92. The number of hydrogen-bond acceptors (Lipinski definition) is 2. The van der Waals surface area contributed by atoms with E-state index in [1.165, 1.54) is 32.6 Å². The van der Waals surface area contributed by atoms with Gasteiger partial charge in [0.2, 0.25) is 5.91 Å². The van der Waals surface area contributed by atoms with Crippen molar-refractivity contribution in [3.05, 3.63) is 11.1 Å². The Kier molecular flexibility index (Phi) is 6.06. The summed E-state index contributed by atoms with van der Waals surface area (Å²) >= 11 is 0. The average Bonchev–Trinajstić information content (AvgIpc) is 2.65. The Morgan fingerprint density at radius 2 is 1.58 bits per heavy atom. The van der Waals surface area contributed by atoms with Crippen LogP contribution in [0.5, 0.6) is 0 Å². The van der Waals surface area contributed by atoms with Crippen molar-refractivity contribution in [2.24, 2.45) is 5.92 Å². The molecule has 1 fully saturated rings. The molecule has 0 aromatic carbocycles. The third-order valence-electron chi connectivity index (χ3n) is 4.19. The summed E-state index contributed by atoms with van der Waals surface area (Å²) in [6.07, 6.45) is 7.34. The minimum atomic E-state index is -1.03. The van der Waals surface area contributed by atoms with Crippen LogP contribution in [0.1, 0.15) is 59.3 Å². The van der Waals surface area contributed by atoms with Crippen LogP contribution >= 0.6 is 0 Å². The van der Waals surface area contributed by atoms with Gasteiger partial charge in [0.25, 0.3) is 0 Å². The number of carbonyl (C=O) groups excluding carboxylic acids is 1. The summed E-state index contributed by atoms with van der Waals surface area (Å²) < 4.78 is 0. The molecule has 1 saturated carbocycles. The number of carbonyl (C=O) groups is 2. The van der Waals surface area contributed by atoms with E-state index in [0.717, 1.165) is 12.8 Å². The number of aliphatic carboxylic acids is 1. The maximum absolute atomic E-state index is 12.0. The fourth-order valence-electron chi connectivity index (χ4n) is 2.57. The SMILES string of the molecule is CC(C(=O)O)=C(C)C(=O)N[C@@H](C)C1CCCCCC1. The van der Waals surface area contributed by atoms with Crippen molar-refractivity contribution in [2.45, 2.75) is 65.3 Å². The summed E-state index contributed by atoms with van der Waals surface area (Å²) in [4.78, 5) is 22.8. The highest BCUT2D eigenvalue weighted by Crippen LogP contribution is 2.25. The van der Waals surface area contributed by atoms with Crippen LogP contribution in [0.25, 0.3) is 0 Å². The first-order valence-corrected chi connectivity index (χ1v) is 7.15. The summed E-state index contributed by atoms with van der Waals surface area (Å²) in [6.45, 7) is 5.06. The van der Waals surface area contributed by atoms with Crippen LogP contribution in [0.4, 0.5) is 0 Å². The molecule has 4 heteroatoms. The van der Waals surface area contributed by atoms with Gasteiger partial charge in [-0.1, -0.05) is 25.7 Å². The molecule has 0 aromatic rings. The van der Waals surface area contributed by atoms with E-state index >= 15 is 0 Å². The highest BCUT2D eigenvalue weighted by molar-refractivity contribution is 6.01. The van der Waals surface area contributed by atoms with Gasteiger partial charge in [-0.2, -0.15) is 0 Å². The summed E-state index contributed by atoms with van der Waals surface area (Å²) in [6, 6.07) is 0.113. The number of rotatable bonds is 4. The summed E-state index contributed by atoms with van der Waals surface area (Å²) in [5.41, 5.74) is 0.415. The molecule has 1 amide bonds. The lowest BCUT2D eigenvalue weighted by Gasteiger charge is -2.24. The quantitative estimate of drug-likeness (QED) is 0.608. The monoisotopic (exact) mass is 267 g/mol. The second kappa shape index (κ2) is 7.31. The van der Waals surface area contributed by atoms with Crippen LogP contribution in [0.2, 0.25) is 0 Å². The van der Waals surface area contributed by atoms with E-state index < -0.39 is 5.97 Å². The largest absolute Gasteiger partial charge is 0.478 e. The molecule has 19 heavy (non-hydrogen) atoms. The fourth-order valence-corrected chi connectivity index (χ4v) is 2.57. The number of carboxylic acids is 1. The summed E-state index contributed by atoms with van der Waals surface area (Å²) in [5, 5.41) is 11.8. The van der Waals surface area contributed by atoms with Gasteiger partial charge in [0.15, 0.2) is 0 Å². The van der Waals surface area contributed by atoms with E-state index in [4.69, 9.17) is 5.11 Å². The zero-order chi connectivity index (χ0) is 14.4. The maximum Gasteiger partial charge on any atom is 0.331 e. The van der Waals surface area contributed by atoms with Gasteiger partial charge in [0, 0.05) is 17.2 Å². The lowest BCUT2D eigenvalue weighted by molar-refractivity contribution is -0.133. The number of nitrogens with one attached hydrogen (secondary N) is 1. The molecule has 0 aliphatic heterocycles. The minimum Gasteiger partial charge on any atom is -0.478 e. The Balaban J connectivity index is 2.60. The molecule has 2 N–H and O–H groups in total. The topological polar surface area (TPSA) is 66.4 Å². The van der Waals surface area contributed by atoms with Crippen LogP contribution in [-0.2, 0) is 9.59 Å². The maximum atomic E-state index is 12.0. The molecule has 1 rings (SSSR count). The third-order valence-corrected chi connectivity index (χ3v) is 4.19. The lowest BCUT2D eigenvalue weighted by Crippen LogP contribution is -2.38. The molecular weight excluding hydrogens is 242 g/mol. The minimum absolute atomic E-state index is 0.113. The Morgan fingerprint density at radius 1 is 1.05 bits per heavy atom. The highest BCUT2D eigenvalue weighted by atomic mass is 16.4. The van der Waals surface area contributed by atoms with E-state index in [9.17, 15) is 9.59 Å². The first-order chi connectivity index (χ1) is 8.93. The van der Waals surface area contributed by atoms with Gasteiger partial charge in [0.05, 0.1) is 0 Å². The van der Waals surface area contributed by atoms with Gasteiger partial charge >= 0.3 is 5.97 Å². The predicted molar refractivity (Wildman–Crippen MR) is 74.8 cm³/mol. The molecule has 1 aliphatic carbocycles. The van der Waals surface area contributed by atoms with E-state index in [-0.39, 0.29) is 17.5 Å². The summed E-state index contributed by atoms with van der Waals surface area (Å²) in [5.74, 6) is -0.768. The van der Waals surface area contributed by atoms with Gasteiger partial charge in [-0.3, -0.25) is 4.79 Å². The Bertz CT molecular complexity index is 366. The molecule has 1 aliphatic rings. The van der Waals surface area contributed by atoms with Crippen molar-refractivity contribution in [1.82, 2.24) is 5.32 Å². The Morgan fingerprint density at radius 3 is 2.05 bits per heavy atom. The second-order valence-corrected chi connectivity index (χ2v) is 5.57. The molecule has 0 aromatic heterocycles. The molecule has 0 heterocycles. The molecule has 0 spiro atoms. The predicted octanol–water partition coefficient (Wildman–Crippen LogP) is 2.88. The zero-order valence-electron chi connectivity index (χ0n) is 12.2. The van der Waals surface area contributed by atoms with Crippen molar-refractivity contribution in [2.75, 3.05) is 0 Å². The Labute approximate surface area is 115 Å². The van der Waals surface area contributed by atoms with E-state index in [1.54, 1.807) is 6.92 Å². The van der Waals surface area contributed by atoms with Crippen molar-refractivity contribution < 1.29 is 14.7 Å². The van der Waals surface area contributed by atoms with Crippen molar-refractivity contribution in [1.29, 1.82) is 0 Å². The van der Waals surface area contributed by atoms with E-state index in [2.05, 4.69) is 5.32 Å². The summed E-state index contributed by atoms with van der Waals surface area (Å²) in [7, 11) is 0. The smallest absolute Gasteiger partial charge is 0.331 e. The van der Waals surface area contributed by atoms with Gasteiger partial charge in [0.1, 0.15) is 0 Å². The first kappa shape index (κ1) is 15.7. The molecule has 1 atom stereocenters. The zero-order valence-corrected chi connectivity index (χ0v) is 12.2. The molecule has 0 unspecified atom stereocenters. The van der Waals surface area contributed by atoms with Crippen LogP contribution < -0.4 is 5.32 Å². The molecular formula is C15H25NO3. The van der Waals surface area contributed by atoms with Gasteiger partial charge in [-0.15, -0.1) is 0 Å². The van der Waals surface area contributed by atoms with Crippen molar-refractivity contribution in [3.63, 3.8) is 0 Å². The molecule has 4 nitrogen and oxygen atoms in total. The van der Waals surface area contributed by atoms with Crippen LogP contribution in [0.3, 0.4) is 0 Å². The van der Waals surface area contributed by atoms with Crippen molar-refractivity contribution >= 4 is 11.9 Å². The number of hydrogen-bond donors (Lipinski definition) is 2. The fraction of sp³-hybridized carbons (Fsp3) is 0.733. The number of carboxylic acid groups (broad SMARTS) is 1. The first-order valence-electron chi connectivity index (χ1n) is 7.15. The van der Waals surface area contributed by atoms with E-state index in [0.29, 0.717) is 11.5 Å². The van der Waals surface area contributed by atoms with Gasteiger partial charge in [-0.25, -0.2) is 4.79 Å². The molecule has 0 bridgehead atoms. The average molecular weight is 267 g/mol. The van der Waals surface area contributed by atoms with E-state index in [1.807, 2.05) is 6.92 Å². The van der Waals surface area contributed by atoms with Gasteiger partial charge < -0.3 is 10.4 Å². The van der Waals surface area contributed by atoms with Crippen molar-refractivity contribution in [3.8, 4) is 0 Å². The Hall–Kier alpha value is -1.32.